The van der Waals surface area contributed by atoms with Crippen LogP contribution in [0.1, 0.15) is 25.6 Å². The van der Waals surface area contributed by atoms with Crippen molar-refractivity contribution >= 4 is 5.97 Å². The van der Waals surface area contributed by atoms with E-state index in [1.807, 2.05) is 6.92 Å². The lowest BCUT2D eigenvalue weighted by molar-refractivity contribution is -0.142. The maximum atomic E-state index is 10.7. The van der Waals surface area contributed by atoms with Gasteiger partial charge in [0.05, 0.1) is 5.92 Å². The van der Waals surface area contributed by atoms with Crippen molar-refractivity contribution in [2.45, 2.75) is 26.2 Å². The van der Waals surface area contributed by atoms with Gasteiger partial charge in [0.15, 0.2) is 5.82 Å². The molecule has 1 rings (SSSR count). The van der Waals surface area contributed by atoms with E-state index in [4.69, 9.17) is 5.11 Å². The van der Waals surface area contributed by atoms with Gasteiger partial charge in [0.2, 0.25) is 0 Å². The second-order valence-electron chi connectivity index (χ2n) is 2.86. The van der Waals surface area contributed by atoms with Crippen LogP contribution in [0.4, 0.5) is 0 Å². The lowest BCUT2D eigenvalue weighted by atomic mass is 10.00. The molecule has 1 heterocycles. The monoisotopic (exact) mass is 184 g/mol. The summed E-state index contributed by atoms with van der Waals surface area (Å²) in [6.45, 7) is 1.95. The normalized spacial score (nSPS) is 12.7. The van der Waals surface area contributed by atoms with E-state index in [0.29, 0.717) is 18.7 Å². The molecule has 2 N–H and O–H groups in total. The van der Waals surface area contributed by atoms with E-state index >= 15 is 0 Å². The van der Waals surface area contributed by atoms with E-state index in [1.54, 1.807) is 0 Å². The summed E-state index contributed by atoms with van der Waals surface area (Å²) in [4.78, 5) is 10.7. The van der Waals surface area contributed by atoms with Crippen molar-refractivity contribution in [3.05, 3.63) is 5.82 Å². The quantitative estimate of drug-likeness (QED) is 0.684. The number of carboxylic acid groups (broad SMARTS) is 1. The molecule has 0 amide bonds. The van der Waals surface area contributed by atoms with Crippen LogP contribution in [-0.4, -0.2) is 31.7 Å². The molecule has 0 saturated heterocycles. The number of hydrogen-bond acceptors (Lipinski definition) is 4. The van der Waals surface area contributed by atoms with Crippen molar-refractivity contribution in [1.29, 1.82) is 0 Å². The SMILES string of the molecule is CCC[C@@H](Cc1nn[nH]n1)C(=O)O. The predicted octanol–water partition coefficient (Wildman–Crippen LogP) is 0.243. The summed E-state index contributed by atoms with van der Waals surface area (Å²) in [7, 11) is 0. The first kappa shape index (κ1) is 9.63. The molecule has 6 heteroatoms. The van der Waals surface area contributed by atoms with Gasteiger partial charge in [-0.25, -0.2) is 0 Å². The Labute approximate surface area is 75.4 Å². The molecule has 0 spiro atoms. The Balaban J connectivity index is 2.52. The van der Waals surface area contributed by atoms with Crippen LogP contribution >= 0.6 is 0 Å². The van der Waals surface area contributed by atoms with Gasteiger partial charge in [-0.3, -0.25) is 4.79 Å². The first-order chi connectivity index (χ1) is 6.24. The summed E-state index contributed by atoms with van der Waals surface area (Å²) >= 11 is 0. The van der Waals surface area contributed by atoms with E-state index in [2.05, 4.69) is 20.6 Å². The maximum absolute atomic E-state index is 10.7. The van der Waals surface area contributed by atoms with Gasteiger partial charge in [0.1, 0.15) is 0 Å². The Morgan fingerprint density at radius 1 is 1.69 bits per heavy atom. The van der Waals surface area contributed by atoms with Crippen LogP contribution in [0.5, 0.6) is 0 Å². The molecule has 0 aliphatic rings. The van der Waals surface area contributed by atoms with Gasteiger partial charge < -0.3 is 5.11 Å². The fourth-order valence-corrected chi connectivity index (χ4v) is 1.15. The highest BCUT2D eigenvalue weighted by molar-refractivity contribution is 5.70. The molecular formula is C7H12N4O2. The molecule has 1 aromatic heterocycles. The highest BCUT2D eigenvalue weighted by Crippen LogP contribution is 2.10. The molecule has 0 radical (unpaired) electrons. The van der Waals surface area contributed by atoms with E-state index in [-0.39, 0.29) is 0 Å². The number of nitrogens with zero attached hydrogens (tertiary/aromatic N) is 3. The molecule has 0 aliphatic heterocycles. The maximum Gasteiger partial charge on any atom is 0.306 e. The van der Waals surface area contributed by atoms with Gasteiger partial charge in [-0.15, -0.1) is 10.2 Å². The summed E-state index contributed by atoms with van der Waals surface area (Å²) in [6.07, 6.45) is 1.83. The summed E-state index contributed by atoms with van der Waals surface area (Å²) in [6, 6.07) is 0. The average Bonchev–Trinajstić information content (AvgIpc) is 2.56. The van der Waals surface area contributed by atoms with Crippen LogP contribution in [0.2, 0.25) is 0 Å². The minimum absolute atomic E-state index is 0.347. The Hall–Kier alpha value is -1.46. The second-order valence-corrected chi connectivity index (χ2v) is 2.86. The molecule has 13 heavy (non-hydrogen) atoms. The van der Waals surface area contributed by atoms with Gasteiger partial charge in [0.25, 0.3) is 0 Å². The van der Waals surface area contributed by atoms with Crippen molar-refractivity contribution < 1.29 is 9.90 Å². The molecule has 0 saturated carbocycles. The summed E-state index contributed by atoms with van der Waals surface area (Å²) < 4.78 is 0. The van der Waals surface area contributed by atoms with Crippen LogP contribution in [0.3, 0.4) is 0 Å². The number of aliphatic carboxylic acids is 1. The molecule has 0 bridgehead atoms. The van der Waals surface area contributed by atoms with Gasteiger partial charge in [-0.05, 0) is 6.42 Å². The Morgan fingerprint density at radius 3 is 2.92 bits per heavy atom. The third kappa shape index (κ3) is 2.81. The topological polar surface area (TPSA) is 91.8 Å². The molecule has 1 atom stereocenters. The second kappa shape index (κ2) is 4.54. The minimum Gasteiger partial charge on any atom is -0.481 e. The van der Waals surface area contributed by atoms with Gasteiger partial charge >= 0.3 is 5.97 Å². The third-order valence-corrected chi connectivity index (χ3v) is 1.80. The average molecular weight is 184 g/mol. The lowest BCUT2D eigenvalue weighted by Gasteiger charge is -2.06. The molecule has 0 aliphatic carbocycles. The molecule has 72 valence electrons. The van der Waals surface area contributed by atoms with Crippen LogP contribution in [-0.2, 0) is 11.2 Å². The zero-order chi connectivity index (χ0) is 9.68. The van der Waals surface area contributed by atoms with Crippen molar-refractivity contribution in [2.24, 2.45) is 5.92 Å². The van der Waals surface area contributed by atoms with Crippen molar-refractivity contribution in [2.75, 3.05) is 0 Å². The third-order valence-electron chi connectivity index (χ3n) is 1.80. The number of aromatic amines is 1. The molecular weight excluding hydrogens is 172 g/mol. The summed E-state index contributed by atoms with van der Waals surface area (Å²) in [5.41, 5.74) is 0. The molecule has 6 nitrogen and oxygen atoms in total. The number of carboxylic acids is 1. The number of carbonyl (C=O) groups is 1. The van der Waals surface area contributed by atoms with E-state index in [1.165, 1.54) is 0 Å². The van der Waals surface area contributed by atoms with E-state index in [9.17, 15) is 4.79 Å². The van der Waals surface area contributed by atoms with Gasteiger partial charge in [-0.1, -0.05) is 18.6 Å². The standard InChI is InChI=1S/C7H12N4O2/c1-2-3-5(7(12)13)4-6-8-10-11-9-6/h5H,2-4H2,1H3,(H,12,13)(H,8,9,10,11)/t5-/m0/s1. The van der Waals surface area contributed by atoms with Gasteiger partial charge in [0, 0.05) is 6.42 Å². The molecule has 0 aromatic carbocycles. The molecule has 0 unspecified atom stereocenters. The largest absolute Gasteiger partial charge is 0.481 e. The summed E-state index contributed by atoms with van der Waals surface area (Å²) in [5, 5.41) is 21.9. The number of tetrazole rings is 1. The fraction of sp³-hybridized carbons (Fsp3) is 0.714. The van der Waals surface area contributed by atoms with Gasteiger partial charge in [-0.2, -0.15) is 5.21 Å². The zero-order valence-corrected chi connectivity index (χ0v) is 7.40. The van der Waals surface area contributed by atoms with Crippen LogP contribution < -0.4 is 0 Å². The first-order valence-corrected chi connectivity index (χ1v) is 4.19. The Bertz CT molecular complexity index is 259. The van der Waals surface area contributed by atoms with Crippen molar-refractivity contribution in [1.82, 2.24) is 20.6 Å². The van der Waals surface area contributed by atoms with Crippen LogP contribution in [0, 0.1) is 5.92 Å². The number of aromatic nitrogens is 4. The lowest BCUT2D eigenvalue weighted by Crippen LogP contribution is -2.16. The van der Waals surface area contributed by atoms with E-state index in [0.717, 1.165) is 6.42 Å². The zero-order valence-electron chi connectivity index (χ0n) is 7.40. The predicted molar refractivity (Wildman–Crippen MR) is 43.9 cm³/mol. The van der Waals surface area contributed by atoms with Crippen molar-refractivity contribution in [3.8, 4) is 0 Å². The van der Waals surface area contributed by atoms with E-state index < -0.39 is 11.9 Å². The number of rotatable bonds is 5. The Morgan fingerprint density at radius 2 is 2.46 bits per heavy atom. The summed E-state index contributed by atoms with van der Waals surface area (Å²) in [5.74, 6) is -0.741. The number of hydrogen-bond donors (Lipinski definition) is 2. The number of H-pyrrole nitrogens is 1. The molecule has 0 fully saturated rings. The Kier molecular flexibility index (Phi) is 3.36. The van der Waals surface area contributed by atoms with Crippen LogP contribution in [0.15, 0.2) is 0 Å². The first-order valence-electron chi connectivity index (χ1n) is 4.19. The van der Waals surface area contributed by atoms with Crippen molar-refractivity contribution in [3.63, 3.8) is 0 Å². The minimum atomic E-state index is -0.799. The highest BCUT2D eigenvalue weighted by atomic mass is 16.4. The highest BCUT2D eigenvalue weighted by Gasteiger charge is 2.18. The van der Waals surface area contributed by atoms with Crippen LogP contribution in [0.25, 0.3) is 0 Å². The smallest absolute Gasteiger partial charge is 0.306 e. The fourth-order valence-electron chi connectivity index (χ4n) is 1.15. The molecule has 1 aromatic rings. The number of nitrogens with one attached hydrogen (secondary N) is 1.